The molecule has 0 radical (unpaired) electrons. The standard InChI is InChI=1S/C35H27ClN4O2/c1-24-8-6-12-28(20-24)40-34(31-14-7-11-26-9-2-4-13-30(26)31)21-33(39-40)35(41)38-37-22-25-16-18-29(19-17-25)42-23-27-10-3-5-15-32(27)36/h2-22H,23H2,1H3,(H,38,41)/b37-22-. The number of hydrogen-bond acceptors (Lipinski definition) is 4. The lowest BCUT2D eigenvalue weighted by atomic mass is 10.0. The highest BCUT2D eigenvalue weighted by molar-refractivity contribution is 6.31. The van der Waals surface area contributed by atoms with E-state index >= 15 is 0 Å². The van der Waals surface area contributed by atoms with Crippen molar-refractivity contribution in [1.29, 1.82) is 0 Å². The minimum Gasteiger partial charge on any atom is -0.489 e. The summed E-state index contributed by atoms with van der Waals surface area (Å²) in [6.45, 7) is 2.41. The van der Waals surface area contributed by atoms with Gasteiger partial charge in [0.25, 0.3) is 5.91 Å². The number of nitrogens with one attached hydrogen (secondary N) is 1. The number of rotatable bonds is 8. The Morgan fingerprint density at radius 2 is 1.67 bits per heavy atom. The second-order valence-corrected chi connectivity index (χ2v) is 10.2. The Kier molecular flexibility index (Phi) is 7.79. The first-order chi connectivity index (χ1) is 20.5. The third-order valence-electron chi connectivity index (χ3n) is 6.87. The van der Waals surface area contributed by atoms with Crippen molar-refractivity contribution < 1.29 is 9.53 Å². The average molecular weight is 571 g/mol. The molecule has 6 aromatic rings. The van der Waals surface area contributed by atoms with Crippen molar-refractivity contribution in [2.75, 3.05) is 0 Å². The Balaban J connectivity index is 1.20. The van der Waals surface area contributed by atoms with Crippen LogP contribution in [0.4, 0.5) is 0 Å². The molecule has 1 amide bonds. The fraction of sp³-hybridized carbons (Fsp3) is 0.0571. The summed E-state index contributed by atoms with van der Waals surface area (Å²) in [5, 5.41) is 11.7. The number of aromatic nitrogens is 2. The molecule has 5 aromatic carbocycles. The predicted octanol–water partition coefficient (Wildman–Crippen LogP) is 8.00. The molecule has 0 aliphatic heterocycles. The van der Waals surface area contributed by atoms with Crippen LogP contribution in [-0.2, 0) is 6.61 Å². The number of amides is 1. The van der Waals surface area contributed by atoms with Crippen LogP contribution in [0.15, 0.2) is 126 Å². The summed E-state index contributed by atoms with van der Waals surface area (Å²) in [5.74, 6) is 0.303. The fourth-order valence-corrected chi connectivity index (χ4v) is 4.93. The quantitative estimate of drug-likeness (QED) is 0.149. The van der Waals surface area contributed by atoms with Gasteiger partial charge in [0.05, 0.1) is 17.6 Å². The van der Waals surface area contributed by atoms with Crippen LogP contribution in [0.3, 0.4) is 0 Å². The highest BCUT2D eigenvalue weighted by Crippen LogP contribution is 2.31. The minimum atomic E-state index is -0.404. The van der Waals surface area contributed by atoms with Gasteiger partial charge in [0, 0.05) is 16.1 Å². The molecule has 1 aromatic heterocycles. The molecule has 0 fully saturated rings. The second-order valence-electron chi connectivity index (χ2n) is 9.84. The van der Waals surface area contributed by atoms with Crippen molar-refractivity contribution in [2.45, 2.75) is 13.5 Å². The summed E-state index contributed by atoms with van der Waals surface area (Å²) in [5.41, 5.74) is 8.38. The number of hydrogen-bond donors (Lipinski definition) is 1. The summed E-state index contributed by atoms with van der Waals surface area (Å²) in [7, 11) is 0. The number of aryl methyl sites for hydroxylation is 1. The third kappa shape index (κ3) is 5.94. The number of hydrazone groups is 1. The van der Waals surface area contributed by atoms with Gasteiger partial charge in [-0.3, -0.25) is 4.79 Å². The van der Waals surface area contributed by atoms with Crippen molar-refractivity contribution in [3.63, 3.8) is 0 Å². The van der Waals surface area contributed by atoms with E-state index in [2.05, 4.69) is 28.7 Å². The summed E-state index contributed by atoms with van der Waals surface area (Å²) in [6, 6.07) is 39.2. The normalized spacial score (nSPS) is 11.2. The van der Waals surface area contributed by atoms with Gasteiger partial charge >= 0.3 is 0 Å². The molecule has 42 heavy (non-hydrogen) atoms. The molecule has 6 nitrogen and oxygen atoms in total. The van der Waals surface area contributed by atoms with E-state index in [1.54, 1.807) is 12.3 Å². The van der Waals surface area contributed by atoms with Crippen LogP contribution >= 0.6 is 11.6 Å². The first-order valence-electron chi connectivity index (χ1n) is 13.5. The zero-order valence-corrected chi connectivity index (χ0v) is 23.6. The minimum absolute atomic E-state index is 0.264. The molecule has 6 rings (SSSR count). The predicted molar refractivity (Wildman–Crippen MR) is 169 cm³/mol. The van der Waals surface area contributed by atoms with Crippen LogP contribution in [0.5, 0.6) is 5.75 Å². The Bertz CT molecular complexity index is 1910. The zero-order chi connectivity index (χ0) is 28.9. The smallest absolute Gasteiger partial charge is 0.291 e. The molecule has 7 heteroatoms. The van der Waals surface area contributed by atoms with Crippen molar-refractivity contribution in [1.82, 2.24) is 15.2 Å². The van der Waals surface area contributed by atoms with Crippen molar-refractivity contribution in [3.05, 3.63) is 149 Å². The molecule has 0 atom stereocenters. The monoisotopic (exact) mass is 570 g/mol. The van der Waals surface area contributed by atoms with Crippen molar-refractivity contribution >= 4 is 34.5 Å². The van der Waals surface area contributed by atoms with E-state index in [9.17, 15) is 4.79 Å². The highest BCUT2D eigenvalue weighted by atomic mass is 35.5. The highest BCUT2D eigenvalue weighted by Gasteiger charge is 2.18. The lowest BCUT2D eigenvalue weighted by Crippen LogP contribution is -2.18. The van der Waals surface area contributed by atoms with Crippen LogP contribution in [0.2, 0.25) is 5.02 Å². The molecular formula is C35H27ClN4O2. The number of ether oxygens (including phenoxy) is 1. The molecule has 1 heterocycles. The van der Waals surface area contributed by atoms with Gasteiger partial charge in [-0.05, 0) is 77.4 Å². The summed E-state index contributed by atoms with van der Waals surface area (Å²) in [6.07, 6.45) is 1.58. The van der Waals surface area contributed by atoms with Gasteiger partial charge in [-0.2, -0.15) is 10.2 Å². The van der Waals surface area contributed by atoms with Gasteiger partial charge in [0.15, 0.2) is 5.69 Å². The first-order valence-corrected chi connectivity index (χ1v) is 13.9. The molecule has 0 saturated carbocycles. The summed E-state index contributed by atoms with van der Waals surface area (Å²) < 4.78 is 7.65. The number of carbonyl (C=O) groups excluding carboxylic acids is 1. The van der Waals surface area contributed by atoms with E-state index in [1.807, 2.05) is 109 Å². The van der Waals surface area contributed by atoms with E-state index in [0.29, 0.717) is 17.4 Å². The van der Waals surface area contributed by atoms with Gasteiger partial charge in [-0.25, -0.2) is 10.1 Å². The van der Waals surface area contributed by atoms with E-state index in [-0.39, 0.29) is 5.69 Å². The molecule has 0 unspecified atom stereocenters. The molecule has 0 aliphatic rings. The summed E-state index contributed by atoms with van der Waals surface area (Å²) >= 11 is 6.21. The maximum absolute atomic E-state index is 13.2. The number of fused-ring (bicyclic) bond motifs is 1. The van der Waals surface area contributed by atoms with Crippen LogP contribution in [0.25, 0.3) is 27.7 Å². The van der Waals surface area contributed by atoms with E-state index in [0.717, 1.165) is 44.4 Å². The molecular weight excluding hydrogens is 544 g/mol. The van der Waals surface area contributed by atoms with Crippen LogP contribution in [0.1, 0.15) is 27.2 Å². The third-order valence-corrected chi connectivity index (χ3v) is 7.23. The number of carbonyl (C=O) groups is 1. The molecule has 0 bridgehead atoms. The van der Waals surface area contributed by atoms with E-state index in [4.69, 9.17) is 21.4 Å². The zero-order valence-electron chi connectivity index (χ0n) is 22.9. The number of nitrogens with zero attached hydrogens (tertiary/aromatic N) is 3. The lowest BCUT2D eigenvalue weighted by molar-refractivity contribution is 0.0949. The van der Waals surface area contributed by atoms with Crippen LogP contribution in [-0.4, -0.2) is 21.9 Å². The van der Waals surface area contributed by atoms with Gasteiger partial charge in [0.2, 0.25) is 0 Å². The van der Waals surface area contributed by atoms with Crippen LogP contribution < -0.4 is 10.2 Å². The Morgan fingerprint density at radius 1 is 0.905 bits per heavy atom. The molecule has 1 N–H and O–H groups in total. The Hall–Kier alpha value is -5.20. The Morgan fingerprint density at radius 3 is 2.50 bits per heavy atom. The molecule has 0 saturated heterocycles. The van der Waals surface area contributed by atoms with E-state index < -0.39 is 5.91 Å². The van der Waals surface area contributed by atoms with Gasteiger partial charge in [-0.1, -0.05) is 84.4 Å². The summed E-state index contributed by atoms with van der Waals surface area (Å²) in [4.78, 5) is 13.2. The molecule has 0 aliphatic carbocycles. The first kappa shape index (κ1) is 27.0. The largest absolute Gasteiger partial charge is 0.489 e. The van der Waals surface area contributed by atoms with Gasteiger partial charge < -0.3 is 4.74 Å². The maximum Gasteiger partial charge on any atom is 0.291 e. The maximum atomic E-state index is 13.2. The Labute approximate surface area is 248 Å². The van der Waals surface area contributed by atoms with E-state index in [1.165, 1.54) is 0 Å². The van der Waals surface area contributed by atoms with Crippen molar-refractivity contribution in [2.24, 2.45) is 5.10 Å². The SMILES string of the molecule is Cc1cccc(-n2nc(C(=O)N/N=C\c3ccc(OCc4ccccc4Cl)cc3)cc2-c2cccc3ccccc23)c1. The molecule has 0 spiro atoms. The lowest BCUT2D eigenvalue weighted by Gasteiger charge is -2.10. The van der Waals surface area contributed by atoms with Gasteiger partial charge in [0.1, 0.15) is 12.4 Å². The van der Waals surface area contributed by atoms with Crippen molar-refractivity contribution in [3.8, 4) is 22.7 Å². The van der Waals surface area contributed by atoms with Crippen LogP contribution in [0, 0.1) is 6.92 Å². The topological polar surface area (TPSA) is 68.5 Å². The van der Waals surface area contributed by atoms with Gasteiger partial charge in [-0.15, -0.1) is 0 Å². The fourth-order valence-electron chi connectivity index (χ4n) is 4.74. The average Bonchev–Trinajstić information content (AvgIpc) is 3.47. The second kappa shape index (κ2) is 12.1. The number of benzene rings is 5. The number of halogens is 1. The molecule has 206 valence electrons.